The summed E-state index contributed by atoms with van der Waals surface area (Å²) in [5.74, 6) is 0.234. The minimum absolute atomic E-state index is 0.234. The van der Waals surface area contributed by atoms with E-state index in [4.69, 9.17) is 0 Å². The van der Waals surface area contributed by atoms with Crippen LogP contribution >= 0.6 is 0 Å². The molecule has 0 aromatic carbocycles. The molecule has 0 atom stereocenters. The highest BCUT2D eigenvalue weighted by molar-refractivity contribution is 5.79. The van der Waals surface area contributed by atoms with Crippen LogP contribution in [0.3, 0.4) is 0 Å². The maximum atomic E-state index is 11.6. The lowest BCUT2D eigenvalue weighted by Crippen LogP contribution is -2.42. The third-order valence-electron chi connectivity index (χ3n) is 2.88. The molecule has 0 aliphatic carbocycles. The molecule has 2 rings (SSSR count). The third-order valence-corrected chi connectivity index (χ3v) is 2.88. The van der Waals surface area contributed by atoms with Gasteiger partial charge >= 0.3 is 0 Å². The Morgan fingerprint density at radius 2 is 2.36 bits per heavy atom. The molecule has 1 aliphatic heterocycles. The molecule has 14 heavy (non-hydrogen) atoms. The summed E-state index contributed by atoms with van der Waals surface area (Å²) in [6.07, 6.45) is 3.43. The van der Waals surface area contributed by atoms with E-state index in [1.165, 1.54) is 0 Å². The molecule has 0 radical (unpaired) electrons. The monoisotopic (exact) mass is 193 g/mol. The number of aromatic nitrogens is 2. The first-order valence-electron chi connectivity index (χ1n) is 4.93. The van der Waals surface area contributed by atoms with Crippen LogP contribution in [0.1, 0.15) is 32.4 Å². The number of rotatable bonds is 2. The van der Waals surface area contributed by atoms with Gasteiger partial charge in [0.05, 0.1) is 11.2 Å². The highest BCUT2D eigenvalue weighted by Gasteiger charge is 2.36. The van der Waals surface area contributed by atoms with E-state index in [2.05, 4.69) is 10.2 Å². The molecule has 0 saturated carbocycles. The van der Waals surface area contributed by atoms with Crippen molar-refractivity contribution in [3.63, 3.8) is 0 Å². The number of amides is 1. The second-order valence-corrected chi connectivity index (χ2v) is 4.17. The summed E-state index contributed by atoms with van der Waals surface area (Å²) in [5.41, 5.74) is 0.640. The lowest BCUT2D eigenvalue weighted by molar-refractivity contribution is -0.132. The van der Waals surface area contributed by atoms with E-state index in [0.29, 0.717) is 6.42 Å². The fraction of sp³-hybridized carbons (Fsp3) is 0.600. The molecular weight excluding hydrogens is 178 g/mol. The lowest BCUT2D eigenvalue weighted by atomic mass is 9.99. The van der Waals surface area contributed by atoms with Crippen LogP contribution in [0.5, 0.6) is 0 Å². The molecule has 4 heteroatoms. The summed E-state index contributed by atoms with van der Waals surface area (Å²) in [6, 6.07) is 1.92. The zero-order chi connectivity index (χ0) is 10.2. The molecular formula is C10H15N3O. The highest BCUT2D eigenvalue weighted by Crippen LogP contribution is 2.29. The van der Waals surface area contributed by atoms with E-state index in [1.807, 2.05) is 24.8 Å². The summed E-state index contributed by atoms with van der Waals surface area (Å²) in [5, 5.41) is 6.93. The van der Waals surface area contributed by atoms with Crippen LogP contribution in [-0.2, 0) is 10.3 Å². The van der Waals surface area contributed by atoms with Gasteiger partial charge in [-0.2, -0.15) is 5.10 Å². The number of hydrogen-bond donors (Lipinski definition) is 1. The predicted molar refractivity (Wildman–Crippen MR) is 52.6 cm³/mol. The average molecular weight is 193 g/mol. The fourth-order valence-electron chi connectivity index (χ4n) is 1.98. The molecule has 76 valence electrons. The van der Waals surface area contributed by atoms with Gasteiger partial charge in [-0.3, -0.25) is 9.89 Å². The van der Waals surface area contributed by atoms with Gasteiger partial charge in [-0.1, -0.05) is 0 Å². The summed E-state index contributed by atoms with van der Waals surface area (Å²) < 4.78 is 0. The zero-order valence-electron chi connectivity index (χ0n) is 8.58. The molecule has 1 amide bonds. The number of nitrogens with zero attached hydrogens (tertiary/aromatic N) is 2. The van der Waals surface area contributed by atoms with Crippen molar-refractivity contribution in [1.82, 2.24) is 15.1 Å². The smallest absolute Gasteiger partial charge is 0.223 e. The number of H-pyrrole nitrogens is 1. The lowest BCUT2D eigenvalue weighted by Gasteiger charge is -2.33. The number of carbonyl (C=O) groups is 1. The highest BCUT2D eigenvalue weighted by atomic mass is 16.2. The van der Waals surface area contributed by atoms with Crippen LogP contribution in [0.25, 0.3) is 0 Å². The van der Waals surface area contributed by atoms with Crippen LogP contribution in [0, 0.1) is 0 Å². The van der Waals surface area contributed by atoms with E-state index in [1.54, 1.807) is 6.20 Å². The molecule has 2 heterocycles. The number of nitrogens with one attached hydrogen (secondary N) is 1. The van der Waals surface area contributed by atoms with Crippen molar-refractivity contribution in [2.24, 2.45) is 0 Å². The Kier molecular flexibility index (Phi) is 2.06. The fourth-order valence-corrected chi connectivity index (χ4v) is 1.98. The molecule has 0 bridgehead atoms. The number of likely N-dealkylation sites (tertiary alicyclic amines) is 1. The summed E-state index contributed by atoms with van der Waals surface area (Å²) in [7, 11) is 0. The van der Waals surface area contributed by atoms with Crippen molar-refractivity contribution >= 4 is 5.91 Å². The summed E-state index contributed by atoms with van der Waals surface area (Å²) in [4.78, 5) is 13.5. The van der Waals surface area contributed by atoms with Gasteiger partial charge in [-0.05, 0) is 26.3 Å². The van der Waals surface area contributed by atoms with Gasteiger partial charge in [0.25, 0.3) is 0 Å². The van der Waals surface area contributed by atoms with Gasteiger partial charge in [-0.25, -0.2) is 0 Å². The van der Waals surface area contributed by atoms with Gasteiger partial charge in [0.15, 0.2) is 0 Å². The van der Waals surface area contributed by atoms with Crippen molar-refractivity contribution in [1.29, 1.82) is 0 Å². The molecule has 0 unspecified atom stereocenters. The topological polar surface area (TPSA) is 49.0 Å². The quantitative estimate of drug-likeness (QED) is 0.768. The molecule has 4 nitrogen and oxygen atoms in total. The molecule has 1 saturated heterocycles. The average Bonchev–Trinajstić information content (AvgIpc) is 2.72. The summed E-state index contributed by atoms with van der Waals surface area (Å²) in [6.45, 7) is 4.91. The molecule has 1 N–H and O–H groups in total. The standard InChI is InChI=1S/C10H15N3O/c1-10(2,8-5-6-11-12-8)13-7-3-4-9(13)14/h5-6H,3-4,7H2,1-2H3,(H,11,12). The van der Waals surface area contributed by atoms with Crippen LogP contribution in [0.15, 0.2) is 12.3 Å². The van der Waals surface area contributed by atoms with Crippen molar-refractivity contribution in [2.75, 3.05) is 6.54 Å². The van der Waals surface area contributed by atoms with E-state index in [-0.39, 0.29) is 11.4 Å². The maximum absolute atomic E-state index is 11.6. The Labute approximate surface area is 83.3 Å². The van der Waals surface area contributed by atoms with Crippen molar-refractivity contribution in [3.8, 4) is 0 Å². The molecule has 1 aromatic rings. The van der Waals surface area contributed by atoms with Crippen LogP contribution in [0.2, 0.25) is 0 Å². The van der Waals surface area contributed by atoms with Gasteiger partial charge < -0.3 is 4.90 Å². The largest absolute Gasteiger partial charge is 0.332 e. The van der Waals surface area contributed by atoms with E-state index < -0.39 is 0 Å². The number of carbonyl (C=O) groups excluding carboxylic acids is 1. The zero-order valence-corrected chi connectivity index (χ0v) is 8.58. The third kappa shape index (κ3) is 1.31. The molecule has 1 aliphatic rings. The van der Waals surface area contributed by atoms with Crippen LogP contribution in [-0.4, -0.2) is 27.5 Å². The number of hydrogen-bond acceptors (Lipinski definition) is 2. The van der Waals surface area contributed by atoms with Gasteiger partial charge in [-0.15, -0.1) is 0 Å². The Morgan fingerprint density at radius 1 is 1.57 bits per heavy atom. The van der Waals surface area contributed by atoms with Gasteiger partial charge in [0, 0.05) is 19.2 Å². The molecule has 1 fully saturated rings. The second-order valence-electron chi connectivity index (χ2n) is 4.17. The summed E-state index contributed by atoms with van der Waals surface area (Å²) >= 11 is 0. The maximum Gasteiger partial charge on any atom is 0.223 e. The van der Waals surface area contributed by atoms with Crippen LogP contribution in [0.4, 0.5) is 0 Å². The Bertz CT molecular complexity index is 329. The van der Waals surface area contributed by atoms with Gasteiger partial charge in [0.1, 0.15) is 0 Å². The Morgan fingerprint density at radius 3 is 2.86 bits per heavy atom. The van der Waals surface area contributed by atoms with Crippen LogP contribution < -0.4 is 0 Å². The first-order valence-corrected chi connectivity index (χ1v) is 4.93. The van der Waals surface area contributed by atoms with Crippen molar-refractivity contribution in [2.45, 2.75) is 32.2 Å². The molecule has 1 aromatic heterocycles. The normalized spacial score (nSPS) is 17.9. The van der Waals surface area contributed by atoms with E-state index >= 15 is 0 Å². The first-order chi connectivity index (χ1) is 6.62. The Hall–Kier alpha value is -1.32. The van der Waals surface area contributed by atoms with E-state index in [0.717, 1.165) is 18.7 Å². The SMILES string of the molecule is CC(C)(c1cc[nH]n1)N1CCCC1=O. The van der Waals surface area contributed by atoms with E-state index in [9.17, 15) is 4.79 Å². The number of aromatic amines is 1. The Balaban J connectivity index is 2.27. The van der Waals surface area contributed by atoms with Crippen molar-refractivity contribution in [3.05, 3.63) is 18.0 Å². The minimum atomic E-state index is -0.284. The van der Waals surface area contributed by atoms with Crippen molar-refractivity contribution < 1.29 is 4.79 Å². The predicted octanol–water partition coefficient (Wildman–Crippen LogP) is 1.27. The minimum Gasteiger partial charge on any atom is -0.332 e. The van der Waals surface area contributed by atoms with Gasteiger partial charge in [0.2, 0.25) is 5.91 Å². The first kappa shape index (κ1) is 9.24. The molecule has 0 spiro atoms. The second kappa shape index (κ2) is 3.12.